The Labute approximate surface area is 225 Å². The number of hydrogen-bond donors (Lipinski definition) is 3. The number of halogens is 5. The van der Waals surface area contributed by atoms with E-state index in [9.17, 15) is 31.2 Å². The number of benzene rings is 3. The summed E-state index contributed by atoms with van der Waals surface area (Å²) in [5.41, 5.74) is -1.64. The van der Waals surface area contributed by atoms with Crippen molar-refractivity contribution >= 4 is 50.8 Å². The quantitative estimate of drug-likeness (QED) is 0.282. The van der Waals surface area contributed by atoms with Gasteiger partial charge in [-0.25, -0.2) is 8.42 Å². The van der Waals surface area contributed by atoms with Gasteiger partial charge in [-0.3, -0.25) is 14.3 Å². The minimum absolute atomic E-state index is 0.0229. The molecule has 0 saturated heterocycles. The largest absolute Gasteiger partial charge is 0.481 e. The van der Waals surface area contributed by atoms with Crippen molar-refractivity contribution in [3.8, 4) is 11.5 Å². The third kappa shape index (κ3) is 7.30. The highest BCUT2D eigenvalue weighted by molar-refractivity contribution is 7.92. The highest BCUT2D eigenvalue weighted by Crippen LogP contribution is 2.37. The Kier molecular flexibility index (Phi) is 8.80. The highest BCUT2D eigenvalue weighted by atomic mass is 35.5. The van der Waals surface area contributed by atoms with Crippen LogP contribution >= 0.6 is 23.2 Å². The molecule has 14 heteroatoms. The van der Waals surface area contributed by atoms with Crippen LogP contribution in [0.25, 0.3) is 0 Å². The van der Waals surface area contributed by atoms with E-state index in [1.807, 2.05) is 0 Å². The van der Waals surface area contributed by atoms with Crippen LogP contribution in [0.1, 0.15) is 28.4 Å². The van der Waals surface area contributed by atoms with Crippen molar-refractivity contribution in [3.05, 3.63) is 81.3 Å². The summed E-state index contributed by atoms with van der Waals surface area (Å²) in [6.07, 6.45) is -5.53. The van der Waals surface area contributed by atoms with E-state index in [1.54, 1.807) is 6.92 Å². The van der Waals surface area contributed by atoms with E-state index < -0.39 is 45.8 Å². The molecule has 0 unspecified atom stereocenters. The topological polar surface area (TPSA) is 122 Å². The molecule has 3 aromatic rings. The fourth-order valence-corrected chi connectivity index (χ4v) is 5.12. The predicted octanol–water partition coefficient (Wildman–Crippen LogP) is 5.98. The monoisotopic (exact) mass is 590 g/mol. The molecule has 3 aromatic carbocycles. The standard InChI is InChI=1S/C24H19Cl2F3N2O6S/c1-2-30-23(34)14-3-5-20(19(10-14)31-38(35,36)21-6-4-16(25)12-18(21)26)37-17-8-13(9-22(32)33)7-15(11-17)24(27,28)29/h3-8,10-12,31H,2,9H2,1H3,(H,30,34)(H,32,33). The number of nitrogens with one attached hydrogen (secondary N) is 2. The first-order valence-corrected chi connectivity index (χ1v) is 12.9. The summed E-state index contributed by atoms with van der Waals surface area (Å²) in [6.45, 7) is 1.94. The van der Waals surface area contributed by atoms with E-state index in [4.69, 9.17) is 33.0 Å². The average molecular weight is 591 g/mol. The number of carbonyl (C=O) groups excluding carboxylic acids is 1. The maximum absolute atomic E-state index is 13.4. The van der Waals surface area contributed by atoms with Gasteiger partial charge in [0.25, 0.3) is 15.9 Å². The summed E-state index contributed by atoms with van der Waals surface area (Å²) in [5.74, 6) is -2.60. The van der Waals surface area contributed by atoms with Crippen LogP contribution < -0.4 is 14.8 Å². The summed E-state index contributed by atoms with van der Waals surface area (Å²) in [7, 11) is -4.40. The number of aliphatic carboxylic acids is 1. The van der Waals surface area contributed by atoms with Crippen molar-refractivity contribution in [2.75, 3.05) is 11.3 Å². The SMILES string of the molecule is CCNC(=O)c1ccc(Oc2cc(CC(=O)O)cc(C(F)(F)F)c2)c(NS(=O)(=O)c2ccc(Cl)cc2Cl)c1. The Balaban J connectivity index is 2.10. The van der Waals surface area contributed by atoms with Crippen molar-refractivity contribution in [3.63, 3.8) is 0 Å². The Hall–Kier alpha value is -3.48. The number of anilines is 1. The molecule has 0 bridgehead atoms. The molecular weight excluding hydrogens is 572 g/mol. The zero-order chi connectivity index (χ0) is 28.3. The first kappa shape index (κ1) is 29.1. The molecule has 0 saturated carbocycles. The Morgan fingerprint density at radius 1 is 1.03 bits per heavy atom. The predicted molar refractivity (Wildman–Crippen MR) is 135 cm³/mol. The van der Waals surface area contributed by atoms with Crippen molar-refractivity contribution in [1.29, 1.82) is 0 Å². The van der Waals surface area contributed by atoms with Crippen LogP contribution in [0.4, 0.5) is 18.9 Å². The second kappa shape index (κ2) is 11.5. The maximum Gasteiger partial charge on any atom is 0.416 e. The second-order valence-electron chi connectivity index (χ2n) is 7.79. The Bertz CT molecular complexity index is 1500. The lowest BCUT2D eigenvalue weighted by atomic mass is 10.1. The molecule has 1 amide bonds. The smallest absolute Gasteiger partial charge is 0.416 e. The number of carbonyl (C=O) groups is 2. The summed E-state index contributed by atoms with van der Waals surface area (Å²) < 4.78 is 74.3. The van der Waals surface area contributed by atoms with Gasteiger partial charge in [-0.1, -0.05) is 23.2 Å². The molecule has 0 aliphatic rings. The molecule has 38 heavy (non-hydrogen) atoms. The first-order chi connectivity index (χ1) is 17.7. The summed E-state index contributed by atoms with van der Waals surface area (Å²) in [6, 6.07) is 9.61. The van der Waals surface area contributed by atoms with Crippen LogP contribution in [-0.4, -0.2) is 31.9 Å². The van der Waals surface area contributed by atoms with Crippen LogP contribution in [0, 0.1) is 0 Å². The molecule has 202 valence electrons. The van der Waals surface area contributed by atoms with Gasteiger partial charge in [0.1, 0.15) is 10.6 Å². The lowest BCUT2D eigenvalue weighted by Crippen LogP contribution is -2.23. The second-order valence-corrected chi connectivity index (χ2v) is 10.3. The van der Waals surface area contributed by atoms with E-state index in [1.165, 1.54) is 24.3 Å². The summed E-state index contributed by atoms with van der Waals surface area (Å²) in [5, 5.41) is 11.5. The van der Waals surface area contributed by atoms with Crippen LogP contribution in [0.15, 0.2) is 59.5 Å². The molecule has 0 spiro atoms. The lowest BCUT2D eigenvalue weighted by molar-refractivity contribution is -0.138. The molecule has 0 aliphatic heterocycles. The van der Waals surface area contributed by atoms with Gasteiger partial charge in [-0.2, -0.15) is 13.2 Å². The third-order valence-electron chi connectivity index (χ3n) is 4.88. The number of carboxylic acid groups (broad SMARTS) is 1. The van der Waals surface area contributed by atoms with E-state index in [-0.39, 0.29) is 44.0 Å². The number of ether oxygens (including phenoxy) is 1. The van der Waals surface area contributed by atoms with Crippen LogP contribution in [0.5, 0.6) is 11.5 Å². The van der Waals surface area contributed by atoms with E-state index in [0.29, 0.717) is 12.1 Å². The average Bonchev–Trinajstić information content (AvgIpc) is 2.78. The minimum Gasteiger partial charge on any atom is -0.481 e. The van der Waals surface area contributed by atoms with Gasteiger partial charge in [-0.05, 0) is 67.1 Å². The number of sulfonamides is 1. The highest BCUT2D eigenvalue weighted by Gasteiger charge is 2.32. The van der Waals surface area contributed by atoms with Crippen LogP contribution in [0.2, 0.25) is 10.0 Å². The van der Waals surface area contributed by atoms with Gasteiger partial charge in [0.05, 0.1) is 22.7 Å². The Morgan fingerprint density at radius 2 is 1.74 bits per heavy atom. The molecule has 0 atom stereocenters. The van der Waals surface area contributed by atoms with Crippen LogP contribution in [0.3, 0.4) is 0 Å². The van der Waals surface area contributed by atoms with E-state index >= 15 is 0 Å². The summed E-state index contributed by atoms with van der Waals surface area (Å²) in [4.78, 5) is 23.1. The van der Waals surface area contributed by atoms with Crippen molar-refractivity contribution in [2.24, 2.45) is 0 Å². The fraction of sp³-hybridized carbons (Fsp3) is 0.167. The van der Waals surface area contributed by atoms with E-state index in [2.05, 4.69) is 10.0 Å². The van der Waals surface area contributed by atoms with Gasteiger partial charge in [0, 0.05) is 17.1 Å². The molecule has 0 aromatic heterocycles. The van der Waals surface area contributed by atoms with Crippen molar-refractivity contribution in [2.45, 2.75) is 24.4 Å². The zero-order valence-corrected chi connectivity index (χ0v) is 21.7. The minimum atomic E-state index is -4.82. The fourth-order valence-electron chi connectivity index (χ4n) is 3.28. The number of alkyl halides is 3. The number of hydrogen-bond acceptors (Lipinski definition) is 5. The molecule has 8 nitrogen and oxygen atoms in total. The van der Waals surface area contributed by atoms with Crippen molar-refractivity contribution in [1.82, 2.24) is 5.32 Å². The third-order valence-corrected chi connectivity index (χ3v) is 6.97. The molecule has 0 heterocycles. The van der Waals surface area contributed by atoms with Crippen molar-refractivity contribution < 1.29 is 41.0 Å². The van der Waals surface area contributed by atoms with E-state index in [0.717, 1.165) is 18.2 Å². The maximum atomic E-state index is 13.4. The van der Waals surface area contributed by atoms with Gasteiger partial charge < -0.3 is 15.2 Å². The lowest BCUT2D eigenvalue weighted by Gasteiger charge is -2.17. The molecule has 0 radical (unpaired) electrons. The normalized spacial score (nSPS) is 11.6. The molecular formula is C24H19Cl2F3N2O6S. The van der Waals surface area contributed by atoms with Gasteiger partial charge in [0.15, 0.2) is 5.75 Å². The van der Waals surface area contributed by atoms with Crippen LogP contribution in [-0.2, 0) is 27.4 Å². The summed E-state index contributed by atoms with van der Waals surface area (Å²) >= 11 is 11.9. The molecule has 3 rings (SSSR count). The molecule has 0 aliphatic carbocycles. The van der Waals surface area contributed by atoms with Gasteiger partial charge in [-0.15, -0.1) is 0 Å². The number of amides is 1. The Morgan fingerprint density at radius 3 is 2.34 bits per heavy atom. The zero-order valence-electron chi connectivity index (χ0n) is 19.4. The number of rotatable bonds is 9. The molecule has 3 N–H and O–H groups in total. The number of carboxylic acids is 1. The molecule has 0 fully saturated rings. The van der Waals surface area contributed by atoms with Gasteiger partial charge >= 0.3 is 12.1 Å². The first-order valence-electron chi connectivity index (χ1n) is 10.7. The van der Waals surface area contributed by atoms with Gasteiger partial charge in [0.2, 0.25) is 0 Å².